The number of nitrogens with zero attached hydrogens (tertiary/aromatic N) is 3. The van der Waals surface area contributed by atoms with Crippen molar-refractivity contribution in [2.24, 2.45) is 0 Å². The van der Waals surface area contributed by atoms with Gasteiger partial charge in [-0.15, -0.1) is 21.5 Å². The number of hydrogen-bond donors (Lipinski definition) is 2. The molecule has 2 aromatic carbocycles. The fourth-order valence-corrected chi connectivity index (χ4v) is 3.50. The fraction of sp³-hybridized carbons (Fsp3) is 0.0556. The minimum Gasteiger partial charge on any atom is -0.398 e. The Morgan fingerprint density at radius 3 is 2.50 bits per heavy atom. The number of tetrazole rings is 1. The van der Waals surface area contributed by atoms with E-state index in [-0.39, 0.29) is 0 Å². The van der Waals surface area contributed by atoms with Gasteiger partial charge in [-0.3, -0.25) is 0 Å². The quantitative estimate of drug-likeness (QED) is 0.596. The smallest absolute Gasteiger partial charge is 0.178 e. The molecule has 2 heterocycles. The summed E-state index contributed by atoms with van der Waals surface area (Å²) in [5.41, 5.74) is 11.5. The zero-order chi connectivity index (χ0) is 16.4. The third-order valence-electron chi connectivity index (χ3n) is 3.85. The largest absolute Gasteiger partial charge is 0.398 e. The lowest BCUT2D eigenvalue weighted by atomic mass is 10.00. The second kappa shape index (κ2) is 6.25. The van der Waals surface area contributed by atoms with Crippen LogP contribution in [0.5, 0.6) is 0 Å². The van der Waals surface area contributed by atoms with E-state index >= 15 is 0 Å². The highest BCUT2D eigenvalue weighted by atomic mass is 32.1. The van der Waals surface area contributed by atoms with Crippen molar-refractivity contribution in [1.82, 2.24) is 20.6 Å². The number of thiophene rings is 1. The first-order chi connectivity index (χ1) is 11.8. The molecule has 0 spiro atoms. The molecule has 4 rings (SSSR count). The van der Waals surface area contributed by atoms with Crippen molar-refractivity contribution in [2.75, 3.05) is 5.73 Å². The molecule has 0 amide bonds. The number of aromatic nitrogens is 4. The summed E-state index contributed by atoms with van der Waals surface area (Å²) < 4.78 is 0. The maximum Gasteiger partial charge on any atom is 0.178 e. The van der Waals surface area contributed by atoms with Crippen LogP contribution in [0.4, 0.5) is 5.69 Å². The van der Waals surface area contributed by atoms with Crippen LogP contribution in [0.1, 0.15) is 11.4 Å². The van der Waals surface area contributed by atoms with E-state index in [1.807, 2.05) is 11.4 Å². The second-order valence-corrected chi connectivity index (χ2v) is 6.40. The SMILES string of the molecule is Nc1ccsc1-c1ccc(-c2cccc(Cc3nn[nH]n3)c2)cc1. The van der Waals surface area contributed by atoms with Crippen LogP contribution in [-0.2, 0) is 6.42 Å². The molecule has 0 fully saturated rings. The highest BCUT2D eigenvalue weighted by Crippen LogP contribution is 2.33. The van der Waals surface area contributed by atoms with E-state index in [2.05, 4.69) is 69.2 Å². The van der Waals surface area contributed by atoms with Gasteiger partial charge in [0.1, 0.15) is 0 Å². The van der Waals surface area contributed by atoms with E-state index in [1.54, 1.807) is 11.3 Å². The molecule has 3 N–H and O–H groups in total. The minimum absolute atomic E-state index is 0.661. The van der Waals surface area contributed by atoms with Crippen LogP contribution in [0.25, 0.3) is 21.6 Å². The summed E-state index contributed by atoms with van der Waals surface area (Å²) in [4.78, 5) is 1.12. The van der Waals surface area contributed by atoms with Crippen molar-refractivity contribution in [3.63, 3.8) is 0 Å². The van der Waals surface area contributed by atoms with Crippen molar-refractivity contribution in [2.45, 2.75) is 6.42 Å². The number of aromatic amines is 1. The highest BCUT2D eigenvalue weighted by Gasteiger charge is 2.06. The predicted molar refractivity (Wildman–Crippen MR) is 96.6 cm³/mol. The summed E-state index contributed by atoms with van der Waals surface area (Å²) in [7, 11) is 0. The Morgan fingerprint density at radius 1 is 0.958 bits per heavy atom. The van der Waals surface area contributed by atoms with Gasteiger partial charge in [0.25, 0.3) is 0 Å². The number of benzene rings is 2. The third-order valence-corrected chi connectivity index (χ3v) is 4.83. The molecule has 2 aromatic heterocycles. The molecule has 0 aliphatic rings. The van der Waals surface area contributed by atoms with Crippen LogP contribution in [0.15, 0.2) is 60.0 Å². The molecule has 5 nitrogen and oxygen atoms in total. The van der Waals surface area contributed by atoms with Crippen molar-refractivity contribution in [1.29, 1.82) is 0 Å². The fourth-order valence-electron chi connectivity index (χ4n) is 2.67. The molecule has 0 unspecified atom stereocenters. The standard InChI is InChI=1S/C18H15N5S/c19-16-8-9-24-18(16)14-6-4-13(5-7-14)15-3-1-2-12(10-15)11-17-20-22-23-21-17/h1-10H,11,19H2,(H,20,21,22,23). The molecule has 0 aliphatic heterocycles. The lowest BCUT2D eigenvalue weighted by molar-refractivity contribution is 0.881. The highest BCUT2D eigenvalue weighted by molar-refractivity contribution is 7.14. The van der Waals surface area contributed by atoms with Crippen molar-refractivity contribution in [3.8, 4) is 21.6 Å². The summed E-state index contributed by atoms with van der Waals surface area (Å²) >= 11 is 1.66. The van der Waals surface area contributed by atoms with Gasteiger partial charge in [0.2, 0.25) is 0 Å². The Morgan fingerprint density at radius 2 is 1.79 bits per heavy atom. The van der Waals surface area contributed by atoms with Crippen LogP contribution in [0.2, 0.25) is 0 Å². The maximum atomic E-state index is 6.00. The van der Waals surface area contributed by atoms with E-state index in [0.29, 0.717) is 12.2 Å². The number of rotatable bonds is 4. The molecule has 0 saturated heterocycles. The lowest BCUT2D eigenvalue weighted by Gasteiger charge is -2.06. The molecular weight excluding hydrogens is 318 g/mol. The van der Waals surface area contributed by atoms with Crippen LogP contribution in [0, 0.1) is 0 Å². The normalized spacial score (nSPS) is 10.8. The van der Waals surface area contributed by atoms with E-state index in [4.69, 9.17) is 5.73 Å². The van der Waals surface area contributed by atoms with Gasteiger partial charge in [-0.1, -0.05) is 53.7 Å². The molecule has 0 saturated carbocycles. The number of H-pyrrole nitrogens is 1. The Bertz CT molecular complexity index is 942. The van der Waals surface area contributed by atoms with Crippen molar-refractivity contribution in [3.05, 3.63) is 71.4 Å². The van der Waals surface area contributed by atoms with Gasteiger partial charge in [0.15, 0.2) is 5.82 Å². The van der Waals surface area contributed by atoms with Gasteiger partial charge in [0, 0.05) is 6.42 Å². The van der Waals surface area contributed by atoms with Gasteiger partial charge in [-0.05, 0) is 33.7 Å². The van der Waals surface area contributed by atoms with Crippen LogP contribution in [0.3, 0.4) is 0 Å². The van der Waals surface area contributed by atoms with E-state index < -0.39 is 0 Å². The van der Waals surface area contributed by atoms with E-state index in [0.717, 1.165) is 21.7 Å². The zero-order valence-corrected chi connectivity index (χ0v) is 13.6. The number of nitrogens with one attached hydrogen (secondary N) is 1. The van der Waals surface area contributed by atoms with Gasteiger partial charge < -0.3 is 5.73 Å². The maximum absolute atomic E-state index is 6.00. The predicted octanol–water partition coefficient (Wildman–Crippen LogP) is 3.77. The topological polar surface area (TPSA) is 80.5 Å². The molecule has 118 valence electrons. The number of anilines is 1. The minimum atomic E-state index is 0.661. The number of hydrogen-bond acceptors (Lipinski definition) is 5. The van der Waals surface area contributed by atoms with Crippen molar-refractivity contribution >= 4 is 17.0 Å². The first kappa shape index (κ1) is 14.6. The molecule has 0 aliphatic carbocycles. The summed E-state index contributed by atoms with van der Waals surface area (Å²) in [6, 6.07) is 18.8. The average molecular weight is 333 g/mol. The van der Waals surface area contributed by atoms with Crippen LogP contribution >= 0.6 is 11.3 Å². The molecule has 4 aromatic rings. The summed E-state index contributed by atoms with van der Waals surface area (Å²) in [5, 5.41) is 16.1. The first-order valence-electron chi connectivity index (χ1n) is 7.54. The molecule has 0 atom stereocenters. The Labute approximate surface area is 143 Å². The second-order valence-electron chi connectivity index (χ2n) is 5.49. The van der Waals surface area contributed by atoms with Crippen LogP contribution in [-0.4, -0.2) is 20.6 Å². The first-order valence-corrected chi connectivity index (χ1v) is 8.42. The molecule has 0 radical (unpaired) electrons. The van der Waals surface area contributed by atoms with E-state index in [1.165, 1.54) is 11.1 Å². The summed E-state index contributed by atoms with van der Waals surface area (Å²) in [6.45, 7) is 0. The van der Waals surface area contributed by atoms with E-state index in [9.17, 15) is 0 Å². The third kappa shape index (κ3) is 2.91. The van der Waals surface area contributed by atoms with Crippen LogP contribution < -0.4 is 5.73 Å². The molecule has 24 heavy (non-hydrogen) atoms. The Hall–Kier alpha value is -2.99. The van der Waals surface area contributed by atoms with Crippen molar-refractivity contribution < 1.29 is 0 Å². The average Bonchev–Trinajstić information content (AvgIpc) is 3.27. The number of nitrogen functional groups attached to an aromatic ring is 1. The van der Waals surface area contributed by atoms with Gasteiger partial charge in [0.05, 0.1) is 10.6 Å². The molecule has 0 bridgehead atoms. The van der Waals surface area contributed by atoms with Gasteiger partial charge in [-0.2, -0.15) is 5.21 Å². The monoisotopic (exact) mass is 333 g/mol. The molecular formula is C18H15N5S. The number of nitrogens with two attached hydrogens (primary N) is 1. The van der Waals surface area contributed by atoms with Gasteiger partial charge in [-0.25, -0.2) is 0 Å². The Kier molecular flexibility index (Phi) is 3.80. The zero-order valence-electron chi connectivity index (χ0n) is 12.8. The Balaban J connectivity index is 1.61. The van der Waals surface area contributed by atoms with Gasteiger partial charge >= 0.3 is 0 Å². The lowest BCUT2D eigenvalue weighted by Crippen LogP contribution is -1.91. The molecule has 6 heteroatoms. The summed E-state index contributed by atoms with van der Waals surface area (Å²) in [6.07, 6.45) is 0.661. The summed E-state index contributed by atoms with van der Waals surface area (Å²) in [5.74, 6) is 0.690.